The van der Waals surface area contributed by atoms with E-state index < -0.39 is 0 Å². The van der Waals surface area contributed by atoms with Crippen LogP contribution in [0.25, 0.3) is 0 Å². The number of methoxy groups -OCH3 is 1. The molecule has 3 rings (SSSR count). The number of carbonyl (C=O) groups is 1. The molecule has 0 aliphatic carbocycles. The highest BCUT2D eigenvalue weighted by molar-refractivity contribution is 8.19. The molecule has 2 aromatic rings. The summed E-state index contributed by atoms with van der Waals surface area (Å²) in [5, 5.41) is 0.678. The zero-order valence-electron chi connectivity index (χ0n) is 14.9. The smallest absolute Gasteiger partial charge is 0.254 e. The van der Waals surface area contributed by atoms with Crippen molar-refractivity contribution in [1.29, 1.82) is 0 Å². The summed E-state index contributed by atoms with van der Waals surface area (Å²) in [7, 11) is 3.46. The molecule has 0 saturated carbocycles. The summed E-state index contributed by atoms with van der Waals surface area (Å²) in [6.07, 6.45) is 0. The van der Waals surface area contributed by atoms with Crippen LogP contribution in [0, 0.1) is 0 Å². The monoisotopic (exact) mass is 407 g/mol. The molecule has 0 aromatic heterocycles. The van der Waals surface area contributed by atoms with Gasteiger partial charge in [-0.1, -0.05) is 35.9 Å². The van der Waals surface area contributed by atoms with E-state index in [-0.39, 0.29) is 11.9 Å². The van der Waals surface area contributed by atoms with Crippen LogP contribution in [0.15, 0.2) is 48.5 Å². The lowest BCUT2D eigenvalue weighted by Gasteiger charge is -2.28. The van der Waals surface area contributed by atoms with Crippen LogP contribution in [0.3, 0.4) is 0 Å². The van der Waals surface area contributed by atoms with Crippen molar-refractivity contribution in [3.8, 4) is 0 Å². The van der Waals surface area contributed by atoms with E-state index >= 15 is 0 Å². The van der Waals surface area contributed by atoms with Crippen LogP contribution in [0.5, 0.6) is 0 Å². The molecule has 1 atom stereocenters. The van der Waals surface area contributed by atoms with E-state index in [0.29, 0.717) is 21.8 Å². The maximum Gasteiger partial charge on any atom is 0.254 e. The zero-order chi connectivity index (χ0) is 18.5. The summed E-state index contributed by atoms with van der Waals surface area (Å²) in [4.78, 5) is 14.7. The van der Waals surface area contributed by atoms with Crippen molar-refractivity contribution in [3.63, 3.8) is 0 Å². The number of rotatable bonds is 6. The molecular weight excluding hydrogens is 386 g/mol. The Morgan fingerprint density at radius 2 is 1.77 bits per heavy atom. The maximum absolute atomic E-state index is 13.0. The van der Waals surface area contributed by atoms with Gasteiger partial charge < -0.3 is 9.64 Å². The van der Waals surface area contributed by atoms with Gasteiger partial charge in [0.05, 0.1) is 17.2 Å². The van der Waals surface area contributed by atoms with Gasteiger partial charge in [0.25, 0.3) is 5.91 Å². The fourth-order valence-electron chi connectivity index (χ4n) is 2.95. The van der Waals surface area contributed by atoms with Gasteiger partial charge in [0, 0.05) is 36.2 Å². The van der Waals surface area contributed by atoms with Crippen LogP contribution in [0.2, 0.25) is 5.02 Å². The molecule has 1 amide bonds. The number of amides is 1. The van der Waals surface area contributed by atoms with Crippen molar-refractivity contribution in [2.24, 2.45) is 0 Å². The Morgan fingerprint density at radius 1 is 1.15 bits per heavy atom. The number of carbonyl (C=O) groups excluding carboxylic acids is 1. The molecule has 138 valence electrons. The first-order valence-corrected chi connectivity index (χ1v) is 10.9. The van der Waals surface area contributed by atoms with Gasteiger partial charge in [0.1, 0.15) is 0 Å². The van der Waals surface area contributed by atoms with Crippen LogP contribution in [0.1, 0.15) is 32.1 Å². The van der Waals surface area contributed by atoms with Crippen LogP contribution in [-0.4, -0.2) is 43.1 Å². The molecule has 1 saturated heterocycles. The SMILES string of the molecule is COCC(c1ccc(Cl)cc1)N(C)C(=O)c1ccc(C2SCCS2)cc1. The lowest BCUT2D eigenvalue weighted by atomic mass is 10.0. The van der Waals surface area contributed by atoms with Crippen LogP contribution in [0.4, 0.5) is 0 Å². The third-order valence-corrected chi connectivity index (χ3v) is 7.78. The summed E-state index contributed by atoms with van der Waals surface area (Å²) < 4.78 is 5.84. The Labute approximate surface area is 168 Å². The molecule has 2 aromatic carbocycles. The minimum atomic E-state index is -0.162. The number of benzene rings is 2. The number of ether oxygens (including phenoxy) is 1. The molecule has 6 heteroatoms. The minimum absolute atomic E-state index is 0.0136. The summed E-state index contributed by atoms with van der Waals surface area (Å²) in [6, 6.07) is 15.4. The number of hydrogen-bond acceptors (Lipinski definition) is 4. The predicted octanol–water partition coefficient (Wildman–Crippen LogP) is 5.28. The topological polar surface area (TPSA) is 29.5 Å². The largest absolute Gasteiger partial charge is 0.382 e. The van der Waals surface area contributed by atoms with E-state index in [1.165, 1.54) is 17.1 Å². The molecule has 1 unspecified atom stereocenters. The van der Waals surface area contributed by atoms with E-state index in [2.05, 4.69) is 12.1 Å². The first-order chi connectivity index (χ1) is 12.6. The summed E-state index contributed by atoms with van der Waals surface area (Å²) >= 11 is 9.92. The number of hydrogen-bond donors (Lipinski definition) is 0. The van der Waals surface area contributed by atoms with E-state index in [9.17, 15) is 4.79 Å². The molecule has 1 aliphatic rings. The molecule has 1 aliphatic heterocycles. The quantitative estimate of drug-likeness (QED) is 0.651. The Hall–Kier alpha value is -1.14. The van der Waals surface area contributed by atoms with Crippen molar-refractivity contribution in [2.45, 2.75) is 10.6 Å². The fraction of sp³-hybridized carbons (Fsp3) is 0.350. The van der Waals surface area contributed by atoms with Crippen molar-refractivity contribution in [1.82, 2.24) is 4.90 Å². The number of halogens is 1. The van der Waals surface area contributed by atoms with Gasteiger partial charge in [-0.3, -0.25) is 4.79 Å². The van der Waals surface area contributed by atoms with E-state index in [0.717, 1.165) is 5.56 Å². The van der Waals surface area contributed by atoms with Crippen LogP contribution < -0.4 is 0 Å². The molecule has 26 heavy (non-hydrogen) atoms. The zero-order valence-corrected chi connectivity index (χ0v) is 17.2. The average molecular weight is 408 g/mol. The lowest BCUT2D eigenvalue weighted by molar-refractivity contribution is 0.0602. The number of likely N-dealkylation sites (N-methyl/N-ethyl adjacent to an activating group) is 1. The third kappa shape index (κ3) is 4.58. The highest BCUT2D eigenvalue weighted by atomic mass is 35.5. The Bertz CT molecular complexity index is 730. The second-order valence-electron chi connectivity index (χ2n) is 6.13. The maximum atomic E-state index is 13.0. The molecule has 0 spiro atoms. The van der Waals surface area contributed by atoms with Crippen molar-refractivity contribution >= 4 is 41.0 Å². The van der Waals surface area contributed by atoms with Crippen molar-refractivity contribution < 1.29 is 9.53 Å². The van der Waals surface area contributed by atoms with E-state index in [1.54, 1.807) is 12.0 Å². The van der Waals surface area contributed by atoms with Gasteiger partial charge in [-0.05, 0) is 35.4 Å². The third-order valence-electron chi connectivity index (χ3n) is 4.42. The summed E-state index contributed by atoms with van der Waals surface area (Å²) in [5.74, 6) is 2.37. The van der Waals surface area contributed by atoms with E-state index in [4.69, 9.17) is 16.3 Å². The first-order valence-electron chi connectivity index (χ1n) is 8.45. The highest BCUT2D eigenvalue weighted by Gasteiger charge is 2.24. The number of nitrogens with zero attached hydrogens (tertiary/aromatic N) is 1. The van der Waals surface area contributed by atoms with Gasteiger partial charge in [-0.15, -0.1) is 23.5 Å². The predicted molar refractivity (Wildman–Crippen MR) is 112 cm³/mol. The molecule has 0 bridgehead atoms. The first kappa shape index (κ1) is 19.6. The van der Waals surface area contributed by atoms with Crippen molar-refractivity contribution in [2.75, 3.05) is 32.3 Å². The molecule has 1 heterocycles. The summed E-state index contributed by atoms with van der Waals surface area (Å²) in [5.41, 5.74) is 2.98. The van der Waals surface area contributed by atoms with Gasteiger partial charge in [-0.25, -0.2) is 0 Å². The van der Waals surface area contributed by atoms with Crippen molar-refractivity contribution in [3.05, 3.63) is 70.2 Å². The Balaban J connectivity index is 1.76. The molecular formula is C20H22ClNO2S2. The van der Waals surface area contributed by atoms with Gasteiger partial charge in [0.15, 0.2) is 0 Å². The van der Waals surface area contributed by atoms with Gasteiger partial charge >= 0.3 is 0 Å². The minimum Gasteiger partial charge on any atom is -0.382 e. The Morgan fingerprint density at radius 3 is 2.35 bits per heavy atom. The Kier molecular flexibility index (Phi) is 6.92. The number of thioether (sulfide) groups is 2. The second-order valence-corrected chi connectivity index (χ2v) is 9.30. The average Bonchev–Trinajstić information content (AvgIpc) is 3.21. The lowest BCUT2D eigenvalue weighted by Crippen LogP contribution is -2.33. The molecule has 1 fully saturated rings. The van der Waals surface area contributed by atoms with Crippen LogP contribution >= 0.6 is 35.1 Å². The van der Waals surface area contributed by atoms with Gasteiger partial charge in [0.2, 0.25) is 0 Å². The van der Waals surface area contributed by atoms with Gasteiger partial charge in [-0.2, -0.15) is 0 Å². The highest BCUT2D eigenvalue weighted by Crippen LogP contribution is 2.45. The second kappa shape index (κ2) is 9.18. The molecule has 0 N–H and O–H groups in total. The van der Waals surface area contributed by atoms with Crippen LogP contribution in [-0.2, 0) is 4.74 Å². The molecule has 0 radical (unpaired) electrons. The standard InChI is InChI=1S/C20H22ClNO2S2/c1-22(18(13-24-2)14-7-9-17(21)10-8-14)19(23)15-3-5-16(6-4-15)20-25-11-12-26-20/h3-10,18,20H,11-13H2,1-2H3. The summed E-state index contributed by atoms with van der Waals surface area (Å²) in [6.45, 7) is 0.428. The molecule has 3 nitrogen and oxygen atoms in total. The fourth-order valence-corrected chi connectivity index (χ4v) is 5.94. The van der Waals surface area contributed by atoms with E-state index in [1.807, 2.05) is 67.0 Å². The normalized spacial score (nSPS) is 15.8.